The van der Waals surface area contributed by atoms with E-state index in [4.69, 9.17) is 14.6 Å². The molecule has 0 unspecified atom stereocenters. The van der Waals surface area contributed by atoms with Crippen molar-refractivity contribution in [2.24, 2.45) is 0 Å². The zero-order valence-electron chi connectivity index (χ0n) is 22.3. The number of nitrogens with one attached hydrogen (secondary N) is 2. The van der Waals surface area contributed by atoms with E-state index in [1.54, 1.807) is 12.1 Å². The van der Waals surface area contributed by atoms with Crippen LogP contribution >= 0.6 is 0 Å². The van der Waals surface area contributed by atoms with E-state index >= 15 is 0 Å². The SMILES string of the molecule is O=C(NCCCCCCCCCCCCN1CCNCC1)OCc1ccc([N+](=O)[O-])cc1.O=C(O)C(F)(F)F. The van der Waals surface area contributed by atoms with Crippen molar-refractivity contribution in [3.63, 3.8) is 0 Å². The van der Waals surface area contributed by atoms with Gasteiger partial charge in [-0.25, -0.2) is 9.59 Å². The van der Waals surface area contributed by atoms with Gasteiger partial charge in [0.15, 0.2) is 0 Å². The van der Waals surface area contributed by atoms with Crippen molar-refractivity contribution < 1.29 is 37.5 Å². The first-order valence-corrected chi connectivity index (χ1v) is 13.5. The number of carbonyl (C=O) groups is 2. The van der Waals surface area contributed by atoms with Crippen LogP contribution < -0.4 is 10.6 Å². The number of nitrogens with zero attached hydrogens (tertiary/aromatic N) is 2. The maximum atomic E-state index is 11.7. The van der Waals surface area contributed by atoms with E-state index in [-0.39, 0.29) is 12.3 Å². The second-order valence-corrected chi connectivity index (χ2v) is 9.36. The standard InChI is InChI=1S/C24H40N4O4.C2HF3O2/c29-24(32-21-22-11-13-23(14-12-22)28(30)31)26-15-9-7-5-3-1-2-4-6-8-10-18-27-19-16-25-17-20-27;3-2(4,5)1(6)7/h11-14,25H,1-10,15-21H2,(H,26,29);(H,6,7). The van der Waals surface area contributed by atoms with E-state index in [9.17, 15) is 28.1 Å². The lowest BCUT2D eigenvalue weighted by atomic mass is 10.1. The Labute approximate surface area is 227 Å². The fourth-order valence-electron chi connectivity index (χ4n) is 3.91. The predicted octanol–water partition coefficient (Wildman–Crippen LogP) is 5.26. The number of nitro benzene ring substituents is 1. The first-order chi connectivity index (χ1) is 18.6. The number of carboxylic acids is 1. The predicted molar refractivity (Wildman–Crippen MR) is 140 cm³/mol. The van der Waals surface area contributed by atoms with Gasteiger partial charge in [0.05, 0.1) is 4.92 Å². The Bertz CT molecular complexity index is 834. The minimum Gasteiger partial charge on any atom is -0.475 e. The molecule has 0 atom stereocenters. The van der Waals surface area contributed by atoms with Gasteiger partial charge < -0.3 is 25.4 Å². The van der Waals surface area contributed by atoms with Gasteiger partial charge in [-0.15, -0.1) is 0 Å². The van der Waals surface area contributed by atoms with Crippen molar-refractivity contribution in [2.45, 2.75) is 77.0 Å². The Kier molecular flexibility index (Phi) is 17.5. The number of benzene rings is 1. The summed E-state index contributed by atoms with van der Waals surface area (Å²) >= 11 is 0. The summed E-state index contributed by atoms with van der Waals surface area (Å²) < 4.78 is 36.9. The zero-order valence-corrected chi connectivity index (χ0v) is 22.3. The second kappa shape index (κ2) is 20.0. The number of alkyl halides is 3. The molecule has 1 aromatic rings. The Morgan fingerprint density at radius 1 is 0.949 bits per heavy atom. The number of hydrogen-bond donors (Lipinski definition) is 3. The number of aliphatic carboxylic acids is 1. The highest BCUT2D eigenvalue weighted by molar-refractivity contribution is 5.73. The van der Waals surface area contributed by atoms with Gasteiger partial charge in [-0.1, -0.05) is 51.4 Å². The summed E-state index contributed by atoms with van der Waals surface area (Å²) in [6.45, 7) is 6.69. The first kappa shape index (κ1) is 34.1. The quantitative estimate of drug-likeness (QED) is 0.141. The van der Waals surface area contributed by atoms with Crippen LogP contribution in [0.2, 0.25) is 0 Å². The van der Waals surface area contributed by atoms with E-state index in [1.807, 2.05) is 0 Å². The maximum absolute atomic E-state index is 11.7. The number of halogens is 3. The third-order valence-electron chi connectivity index (χ3n) is 6.14. The van der Waals surface area contributed by atoms with Gasteiger partial charge in [0.25, 0.3) is 5.69 Å². The average Bonchev–Trinajstić information content (AvgIpc) is 2.90. The molecule has 10 nitrogen and oxygen atoms in total. The van der Waals surface area contributed by atoms with Crippen LogP contribution in [0.4, 0.5) is 23.7 Å². The summed E-state index contributed by atoms with van der Waals surface area (Å²) in [6, 6.07) is 6.01. The average molecular weight is 563 g/mol. The Morgan fingerprint density at radius 2 is 1.44 bits per heavy atom. The van der Waals surface area contributed by atoms with Crippen molar-refractivity contribution in [1.82, 2.24) is 15.5 Å². The third kappa shape index (κ3) is 18.1. The topological polar surface area (TPSA) is 134 Å². The van der Waals surface area contributed by atoms with Crippen LogP contribution in [-0.4, -0.2) is 72.4 Å². The summed E-state index contributed by atoms with van der Waals surface area (Å²) in [7, 11) is 0. The number of piperazine rings is 1. The number of hydrogen-bond acceptors (Lipinski definition) is 7. The number of ether oxygens (including phenoxy) is 1. The minimum atomic E-state index is -5.08. The molecule has 0 aromatic heterocycles. The van der Waals surface area contributed by atoms with Crippen molar-refractivity contribution >= 4 is 17.7 Å². The molecule has 39 heavy (non-hydrogen) atoms. The number of unbranched alkanes of at least 4 members (excludes halogenated alkanes) is 9. The molecule has 0 bridgehead atoms. The summed E-state index contributed by atoms with van der Waals surface area (Å²) in [6.07, 6.45) is 7.07. The van der Waals surface area contributed by atoms with E-state index in [2.05, 4.69) is 15.5 Å². The summed E-state index contributed by atoms with van der Waals surface area (Å²) in [5, 5.41) is 23.9. The molecule has 1 fully saturated rings. The summed E-state index contributed by atoms with van der Waals surface area (Å²) in [4.78, 5) is 33.4. The van der Waals surface area contributed by atoms with Crippen molar-refractivity contribution in [1.29, 1.82) is 0 Å². The molecule has 1 aliphatic heterocycles. The molecular formula is C26H41F3N4O6. The maximum Gasteiger partial charge on any atom is 0.490 e. The number of carbonyl (C=O) groups excluding carboxylic acids is 1. The normalized spacial score (nSPS) is 13.7. The molecule has 1 heterocycles. The van der Waals surface area contributed by atoms with Crippen LogP contribution in [0.3, 0.4) is 0 Å². The fourth-order valence-corrected chi connectivity index (χ4v) is 3.91. The molecule has 0 radical (unpaired) electrons. The van der Waals surface area contributed by atoms with Gasteiger partial charge in [-0.05, 0) is 37.1 Å². The molecular weight excluding hydrogens is 521 g/mol. The van der Waals surface area contributed by atoms with Crippen LogP contribution in [0.1, 0.15) is 69.8 Å². The molecule has 0 aliphatic carbocycles. The lowest BCUT2D eigenvalue weighted by molar-refractivity contribution is -0.384. The van der Waals surface area contributed by atoms with Crippen LogP contribution in [-0.2, 0) is 16.1 Å². The molecule has 2 rings (SSSR count). The second-order valence-electron chi connectivity index (χ2n) is 9.36. The number of carboxylic acid groups (broad SMARTS) is 1. The molecule has 1 aromatic carbocycles. The minimum absolute atomic E-state index is 0.0274. The number of alkyl carbamates (subject to hydrolysis) is 1. The lowest BCUT2D eigenvalue weighted by Crippen LogP contribution is -2.43. The monoisotopic (exact) mass is 562 g/mol. The van der Waals surface area contributed by atoms with Gasteiger partial charge in [-0.2, -0.15) is 13.2 Å². The van der Waals surface area contributed by atoms with Crippen LogP contribution in [0.5, 0.6) is 0 Å². The Hall–Kier alpha value is -2.93. The summed E-state index contributed by atoms with van der Waals surface area (Å²) in [5.74, 6) is -2.76. The molecule has 222 valence electrons. The van der Waals surface area contributed by atoms with Crippen LogP contribution in [0.15, 0.2) is 24.3 Å². The highest BCUT2D eigenvalue weighted by Gasteiger charge is 2.38. The zero-order chi connectivity index (χ0) is 28.9. The van der Waals surface area contributed by atoms with Crippen molar-refractivity contribution in [3.05, 3.63) is 39.9 Å². The van der Waals surface area contributed by atoms with Gasteiger partial charge in [0.1, 0.15) is 6.61 Å². The van der Waals surface area contributed by atoms with Crippen molar-refractivity contribution in [2.75, 3.05) is 39.3 Å². The molecule has 3 N–H and O–H groups in total. The molecule has 0 saturated carbocycles. The molecule has 13 heteroatoms. The Morgan fingerprint density at radius 3 is 1.92 bits per heavy atom. The van der Waals surface area contributed by atoms with E-state index in [0.29, 0.717) is 6.54 Å². The van der Waals surface area contributed by atoms with Gasteiger partial charge >= 0.3 is 18.2 Å². The van der Waals surface area contributed by atoms with Gasteiger partial charge in [0, 0.05) is 44.9 Å². The highest BCUT2D eigenvalue weighted by atomic mass is 19.4. The number of amides is 1. The van der Waals surface area contributed by atoms with Gasteiger partial charge in [0.2, 0.25) is 0 Å². The van der Waals surface area contributed by atoms with E-state index in [1.165, 1.54) is 83.1 Å². The largest absolute Gasteiger partial charge is 0.490 e. The summed E-state index contributed by atoms with van der Waals surface area (Å²) in [5.41, 5.74) is 0.754. The van der Waals surface area contributed by atoms with Crippen molar-refractivity contribution in [3.8, 4) is 0 Å². The lowest BCUT2D eigenvalue weighted by Gasteiger charge is -2.27. The van der Waals surface area contributed by atoms with Crippen LogP contribution in [0, 0.1) is 10.1 Å². The first-order valence-electron chi connectivity index (χ1n) is 13.5. The van der Waals surface area contributed by atoms with E-state index < -0.39 is 23.2 Å². The van der Waals surface area contributed by atoms with E-state index in [0.717, 1.165) is 31.5 Å². The molecule has 1 aliphatic rings. The third-order valence-corrected chi connectivity index (χ3v) is 6.14. The smallest absolute Gasteiger partial charge is 0.475 e. The van der Waals surface area contributed by atoms with Gasteiger partial charge in [-0.3, -0.25) is 10.1 Å². The molecule has 1 saturated heterocycles. The van der Waals surface area contributed by atoms with Crippen LogP contribution in [0.25, 0.3) is 0 Å². The number of non-ortho nitro benzene ring substituents is 1. The fraction of sp³-hybridized carbons (Fsp3) is 0.692. The Balaban J connectivity index is 0.000000956. The number of rotatable bonds is 16. The highest BCUT2D eigenvalue weighted by Crippen LogP contribution is 2.14. The molecule has 1 amide bonds. The molecule has 0 spiro atoms. The number of nitro groups is 1.